The third-order valence-corrected chi connectivity index (χ3v) is 1.70. The van der Waals surface area contributed by atoms with E-state index in [9.17, 15) is 0 Å². The molecule has 0 aliphatic heterocycles. The Morgan fingerprint density at radius 2 is 2.25 bits per heavy atom. The largest absolute Gasteiger partial charge is 0.384 e. The van der Waals surface area contributed by atoms with Crippen LogP contribution in [0.25, 0.3) is 0 Å². The van der Waals surface area contributed by atoms with E-state index in [1.54, 1.807) is 0 Å². The summed E-state index contributed by atoms with van der Waals surface area (Å²) in [6.45, 7) is 2.92. The highest BCUT2D eigenvalue weighted by atomic mass is 14.8. The van der Waals surface area contributed by atoms with Gasteiger partial charge in [0.25, 0.3) is 0 Å². The van der Waals surface area contributed by atoms with E-state index in [4.69, 9.17) is 5.73 Å². The van der Waals surface area contributed by atoms with E-state index in [2.05, 4.69) is 23.3 Å². The van der Waals surface area contributed by atoms with Crippen LogP contribution in [0, 0.1) is 0 Å². The van der Waals surface area contributed by atoms with Crippen molar-refractivity contribution in [3.63, 3.8) is 0 Å². The number of hydrogen-bond acceptors (Lipinski definition) is 3. The van der Waals surface area contributed by atoms with Gasteiger partial charge in [-0.05, 0) is 31.2 Å². The van der Waals surface area contributed by atoms with Crippen molar-refractivity contribution in [2.45, 2.75) is 19.9 Å². The van der Waals surface area contributed by atoms with Crippen LogP contribution in [0.4, 0.5) is 5.82 Å². The van der Waals surface area contributed by atoms with E-state index in [0.717, 1.165) is 18.7 Å². The second kappa shape index (κ2) is 4.07. The summed E-state index contributed by atoms with van der Waals surface area (Å²) in [5.74, 6) is 0.611. The summed E-state index contributed by atoms with van der Waals surface area (Å²) >= 11 is 0. The lowest BCUT2D eigenvalue weighted by molar-refractivity contribution is 0.813. The third kappa shape index (κ3) is 2.20. The monoisotopic (exact) mass is 165 g/mol. The molecular weight excluding hydrogens is 150 g/mol. The lowest BCUT2D eigenvalue weighted by atomic mass is 10.2. The summed E-state index contributed by atoms with van der Waals surface area (Å²) in [6, 6.07) is 3.97. The smallest absolute Gasteiger partial charge is 0.123 e. The second-order valence-corrected chi connectivity index (χ2v) is 2.78. The van der Waals surface area contributed by atoms with Gasteiger partial charge in [-0.25, -0.2) is 4.98 Å². The van der Waals surface area contributed by atoms with Gasteiger partial charge in [0, 0.05) is 12.2 Å². The van der Waals surface area contributed by atoms with Gasteiger partial charge < -0.3 is 11.1 Å². The fourth-order valence-corrected chi connectivity index (χ4v) is 1.16. The zero-order chi connectivity index (χ0) is 8.97. The van der Waals surface area contributed by atoms with E-state index >= 15 is 0 Å². The van der Waals surface area contributed by atoms with Gasteiger partial charge in [0.2, 0.25) is 0 Å². The highest BCUT2D eigenvalue weighted by Gasteiger charge is 1.97. The molecule has 0 radical (unpaired) electrons. The first-order valence-electron chi connectivity index (χ1n) is 4.16. The number of pyridine rings is 1. The highest BCUT2D eigenvalue weighted by Crippen LogP contribution is 2.07. The van der Waals surface area contributed by atoms with Gasteiger partial charge in [-0.15, -0.1) is 0 Å². The average Bonchev–Trinajstić information content (AvgIpc) is 2.04. The van der Waals surface area contributed by atoms with Gasteiger partial charge in [-0.2, -0.15) is 0 Å². The maximum Gasteiger partial charge on any atom is 0.123 e. The molecule has 0 bridgehead atoms. The molecule has 0 saturated carbocycles. The van der Waals surface area contributed by atoms with Crippen LogP contribution in [0.1, 0.15) is 18.2 Å². The third-order valence-electron chi connectivity index (χ3n) is 1.70. The summed E-state index contributed by atoms with van der Waals surface area (Å²) in [5.41, 5.74) is 7.88. The molecule has 3 N–H and O–H groups in total. The van der Waals surface area contributed by atoms with Crippen molar-refractivity contribution in [3.8, 4) is 0 Å². The van der Waals surface area contributed by atoms with E-state index in [1.807, 2.05) is 13.1 Å². The minimum absolute atomic E-state index is 0.611. The second-order valence-electron chi connectivity index (χ2n) is 2.78. The Hall–Kier alpha value is -1.09. The SMILES string of the molecule is CCc1cc(CNC)cc(N)n1. The van der Waals surface area contributed by atoms with Gasteiger partial charge in [-0.1, -0.05) is 6.92 Å². The van der Waals surface area contributed by atoms with Gasteiger partial charge in [0.05, 0.1) is 0 Å². The Morgan fingerprint density at radius 1 is 1.50 bits per heavy atom. The molecule has 0 aliphatic carbocycles. The first-order chi connectivity index (χ1) is 5.76. The first kappa shape index (κ1) is 9.00. The van der Waals surface area contributed by atoms with E-state index in [1.165, 1.54) is 5.56 Å². The van der Waals surface area contributed by atoms with Crippen molar-refractivity contribution in [2.75, 3.05) is 12.8 Å². The summed E-state index contributed by atoms with van der Waals surface area (Å²) in [5, 5.41) is 3.08. The minimum atomic E-state index is 0.611. The summed E-state index contributed by atoms with van der Waals surface area (Å²) in [6.07, 6.45) is 0.932. The summed E-state index contributed by atoms with van der Waals surface area (Å²) in [4.78, 5) is 4.18. The molecule has 0 aromatic carbocycles. The Bertz CT molecular complexity index is 258. The van der Waals surface area contributed by atoms with Gasteiger partial charge in [-0.3, -0.25) is 0 Å². The summed E-state index contributed by atoms with van der Waals surface area (Å²) < 4.78 is 0. The van der Waals surface area contributed by atoms with Crippen LogP contribution in [0.15, 0.2) is 12.1 Å². The van der Waals surface area contributed by atoms with E-state index in [-0.39, 0.29) is 0 Å². The van der Waals surface area contributed by atoms with Crippen molar-refractivity contribution >= 4 is 5.82 Å². The number of nitrogen functional groups attached to an aromatic ring is 1. The average molecular weight is 165 g/mol. The molecule has 0 aliphatic rings. The molecule has 1 rings (SSSR count). The molecule has 1 aromatic heterocycles. The predicted molar refractivity (Wildman–Crippen MR) is 50.8 cm³/mol. The van der Waals surface area contributed by atoms with Gasteiger partial charge >= 0.3 is 0 Å². The minimum Gasteiger partial charge on any atom is -0.384 e. The Labute approximate surface area is 73.0 Å². The zero-order valence-corrected chi connectivity index (χ0v) is 7.59. The Balaban J connectivity index is 2.90. The predicted octanol–water partition coefficient (Wildman–Crippen LogP) is 0.946. The molecule has 3 nitrogen and oxygen atoms in total. The molecule has 0 saturated heterocycles. The van der Waals surface area contributed by atoms with Crippen molar-refractivity contribution in [3.05, 3.63) is 23.4 Å². The number of nitrogens with two attached hydrogens (primary N) is 1. The lowest BCUT2D eigenvalue weighted by Crippen LogP contribution is -2.07. The number of rotatable bonds is 3. The molecule has 1 aromatic rings. The highest BCUT2D eigenvalue weighted by molar-refractivity contribution is 5.34. The van der Waals surface area contributed by atoms with Gasteiger partial charge in [0.15, 0.2) is 0 Å². The molecule has 0 atom stereocenters. The van der Waals surface area contributed by atoms with Crippen molar-refractivity contribution < 1.29 is 0 Å². The van der Waals surface area contributed by atoms with Crippen LogP contribution >= 0.6 is 0 Å². The normalized spacial score (nSPS) is 10.2. The summed E-state index contributed by atoms with van der Waals surface area (Å²) in [7, 11) is 1.92. The Morgan fingerprint density at radius 3 is 2.83 bits per heavy atom. The number of hydrogen-bond donors (Lipinski definition) is 2. The van der Waals surface area contributed by atoms with Crippen LogP contribution < -0.4 is 11.1 Å². The number of nitrogens with one attached hydrogen (secondary N) is 1. The fourth-order valence-electron chi connectivity index (χ4n) is 1.16. The fraction of sp³-hybridized carbons (Fsp3) is 0.444. The lowest BCUT2D eigenvalue weighted by Gasteiger charge is -2.03. The maximum atomic E-state index is 5.63. The Kier molecular flexibility index (Phi) is 3.05. The molecule has 0 spiro atoms. The number of anilines is 1. The molecule has 0 fully saturated rings. The van der Waals surface area contributed by atoms with Crippen molar-refractivity contribution in [2.24, 2.45) is 0 Å². The van der Waals surface area contributed by atoms with E-state index < -0.39 is 0 Å². The van der Waals surface area contributed by atoms with E-state index in [0.29, 0.717) is 5.82 Å². The maximum absolute atomic E-state index is 5.63. The van der Waals surface area contributed by atoms with Crippen molar-refractivity contribution in [1.29, 1.82) is 0 Å². The molecule has 12 heavy (non-hydrogen) atoms. The quantitative estimate of drug-likeness (QED) is 0.701. The van der Waals surface area contributed by atoms with Crippen LogP contribution in [-0.4, -0.2) is 12.0 Å². The van der Waals surface area contributed by atoms with Crippen LogP contribution in [-0.2, 0) is 13.0 Å². The topological polar surface area (TPSA) is 50.9 Å². The number of aromatic nitrogens is 1. The van der Waals surface area contributed by atoms with Gasteiger partial charge in [0.1, 0.15) is 5.82 Å². The van der Waals surface area contributed by atoms with Crippen LogP contribution in [0.3, 0.4) is 0 Å². The molecular formula is C9H15N3. The molecule has 0 unspecified atom stereocenters. The molecule has 66 valence electrons. The first-order valence-corrected chi connectivity index (χ1v) is 4.16. The molecule has 0 amide bonds. The number of aryl methyl sites for hydroxylation is 1. The standard InChI is InChI=1S/C9H15N3/c1-3-8-4-7(6-11-2)5-9(10)12-8/h4-5,11H,3,6H2,1-2H3,(H2,10,12). The number of nitrogens with zero attached hydrogens (tertiary/aromatic N) is 1. The van der Waals surface area contributed by atoms with Crippen LogP contribution in [0.5, 0.6) is 0 Å². The molecule has 1 heterocycles. The molecule has 3 heteroatoms. The van der Waals surface area contributed by atoms with Crippen molar-refractivity contribution in [1.82, 2.24) is 10.3 Å². The zero-order valence-electron chi connectivity index (χ0n) is 7.59. The van der Waals surface area contributed by atoms with Crippen LogP contribution in [0.2, 0.25) is 0 Å².